The Labute approximate surface area is 106 Å². The van der Waals surface area contributed by atoms with E-state index < -0.39 is 5.06 Å². The van der Waals surface area contributed by atoms with E-state index in [4.69, 9.17) is 11.6 Å². The molecule has 1 nitrogen and oxygen atoms in total. The first-order valence-electron chi connectivity index (χ1n) is 5.74. The van der Waals surface area contributed by atoms with E-state index in [1.54, 1.807) is 0 Å². The second-order valence-corrected chi connectivity index (χ2v) is 5.14. The Morgan fingerprint density at radius 1 is 1.00 bits per heavy atom. The first-order chi connectivity index (χ1) is 8.18. The van der Waals surface area contributed by atoms with Gasteiger partial charge < -0.3 is 5.11 Å². The SMILES string of the molecule is OC1(Cl)CC(c2ccccc2)c2ccccc21. The molecule has 0 aromatic heterocycles. The van der Waals surface area contributed by atoms with Gasteiger partial charge in [-0.3, -0.25) is 0 Å². The van der Waals surface area contributed by atoms with Crippen molar-refractivity contribution in [1.29, 1.82) is 0 Å². The Morgan fingerprint density at radius 3 is 2.41 bits per heavy atom. The third-order valence-electron chi connectivity index (χ3n) is 3.43. The molecule has 0 saturated carbocycles. The lowest BCUT2D eigenvalue weighted by Crippen LogP contribution is -2.13. The Morgan fingerprint density at radius 2 is 1.65 bits per heavy atom. The summed E-state index contributed by atoms with van der Waals surface area (Å²) in [5, 5.41) is 9.02. The van der Waals surface area contributed by atoms with Crippen LogP contribution < -0.4 is 0 Å². The number of halogens is 1. The van der Waals surface area contributed by atoms with E-state index in [9.17, 15) is 5.11 Å². The second kappa shape index (κ2) is 3.86. The van der Waals surface area contributed by atoms with Gasteiger partial charge in [-0.2, -0.15) is 0 Å². The van der Waals surface area contributed by atoms with Crippen LogP contribution in [0.5, 0.6) is 0 Å². The largest absolute Gasteiger partial charge is 0.371 e. The van der Waals surface area contributed by atoms with Gasteiger partial charge in [0.25, 0.3) is 0 Å². The molecule has 0 heterocycles. The maximum absolute atomic E-state index is 10.2. The highest BCUT2D eigenvalue weighted by Crippen LogP contribution is 2.49. The van der Waals surface area contributed by atoms with Crippen LogP contribution in [0.1, 0.15) is 29.0 Å². The molecule has 2 atom stereocenters. The molecule has 0 spiro atoms. The molecular formula is C15H13ClO. The minimum Gasteiger partial charge on any atom is -0.371 e. The number of hydrogen-bond acceptors (Lipinski definition) is 1. The number of aliphatic hydroxyl groups is 1. The molecule has 86 valence electrons. The molecule has 2 heteroatoms. The molecular weight excluding hydrogens is 232 g/mol. The fraction of sp³-hybridized carbons (Fsp3) is 0.200. The molecule has 2 unspecified atom stereocenters. The van der Waals surface area contributed by atoms with Gasteiger partial charge in [0.05, 0.1) is 0 Å². The first-order valence-corrected chi connectivity index (χ1v) is 6.12. The average molecular weight is 245 g/mol. The monoisotopic (exact) mass is 244 g/mol. The van der Waals surface area contributed by atoms with Gasteiger partial charge in [-0.05, 0) is 11.1 Å². The van der Waals surface area contributed by atoms with Crippen LogP contribution in [-0.2, 0) is 5.06 Å². The molecule has 0 fully saturated rings. The lowest BCUT2D eigenvalue weighted by molar-refractivity contribution is 0.127. The molecule has 17 heavy (non-hydrogen) atoms. The van der Waals surface area contributed by atoms with E-state index in [-0.39, 0.29) is 5.92 Å². The van der Waals surface area contributed by atoms with Gasteiger partial charge in [-0.1, -0.05) is 66.2 Å². The summed E-state index contributed by atoms with van der Waals surface area (Å²) in [5.74, 6) is 0.190. The molecule has 3 rings (SSSR count). The Bertz CT molecular complexity index is 534. The number of alkyl halides is 1. The highest BCUT2D eigenvalue weighted by atomic mass is 35.5. The van der Waals surface area contributed by atoms with Gasteiger partial charge in [0, 0.05) is 17.9 Å². The van der Waals surface area contributed by atoms with Gasteiger partial charge in [0.2, 0.25) is 0 Å². The molecule has 1 aliphatic carbocycles. The van der Waals surface area contributed by atoms with Gasteiger partial charge in [0.15, 0.2) is 5.06 Å². The quantitative estimate of drug-likeness (QED) is 0.760. The van der Waals surface area contributed by atoms with Crippen LogP contribution in [0.2, 0.25) is 0 Å². The summed E-state index contributed by atoms with van der Waals surface area (Å²) in [6.07, 6.45) is 0.540. The summed E-state index contributed by atoms with van der Waals surface area (Å²) in [5.41, 5.74) is 3.18. The topological polar surface area (TPSA) is 20.2 Å². The van der Waals surface area contributed by atoms with E-state index in [1.807, 2.05) is 42.5 Å². The van der Waals surface area contributed by atoms with Crippen molar-refractivity contribution in [3.8, 4) is 0 Å². The smallest absolute Gasteiger partial charge is 0.165 e. The van der Waals surface area contributed by atoms with Crippen LogP contribution in [0.3, 0.4) is 0 Å². The maximum Gasteiger partial charge on any atom is 0.165 e. The van der Waals surface area contributed by atoms with Crippen LogP contribution in [-0.4, -0.2) is 5.11 Å². The molecule has 0 bridgehead atoms. The van der Waals surface area contributed by atoms with Gasteiger partial charge in [-0.15, -0.1) is 0 Å². The second-order valence-electron chi connectivity index (χ2n) is 4.51. The molecule has 2 aromatic carbocycles. The number of rotatable bonds is 1. The van der Waals surface area contributed by atoms with E-state index in [1.165, 1.54) is 5.56 Å². The fourth-order valence-corrected chi connectivity index (χ4v) is 2.95. The van der Waals surface area contributed by atoms with Crippen molar-refractivity contribution in [2.75, 3.05) is 0 Å². The Balaban J connectivity index is 2.12. The normalized spacial score (nSPS) is 26.8. The Kier molecular flexibility index (Phi) is 2.46. The van der Waals surface area contributed by atoms with E-state index in [2.05, 4.69) is 12.1 Å². The Hall–Kier alpha value is -1.31. The van der Waals surface area contributed by atoms with Crippen LogP contribution in [0.25, 0.3) is 0 Å². The highest BCUT2D eigenvalue weighted by Gasteiger charge is 2.41. The number of fused-ring (bicyclic) bond motifs is 1. The molecule has 1 aliphatic rings. The zero-order valence-corrected chi connectivity index (χ0v) is 10.1. The zero-order valence-electron chi connectivity index (χ0n) is 9.31. The van der Waals surface area contributed by atoms with Gasteiger partial charge in [-0.25, -0.2) is 0 Å². The van der Waals surface area contributed by atoms with Crippen molar-refractivity contribution < 1.29 is 5.11 Å². The van der Waals surface area contributed by atoms with Crippen molar-refractivity contribution in [2.45, 2.75) is 17.4 Å². The van der Waals surface area contributed by atoms with Gasteiger partial charge in [0.1, 0.15) is 0 Å². The van der Waals surface area contributed by atoms with E-state index in [0.29, 0.717) is 6.42 Å². The lowest BCUT2D eigenvalue weighted by Gasteiger charge is -2.15. The summed E-state index contributed by atoms with van der Waals surface area (Å²) in [4.78, 5) is 0. The minimum absolute atomic E-state index is 0.190. The predicted octanol–water partition coefficient (Wildman–Crippen LogP) is 3.61. The van der Waals surface area contributed by atoms with E-state index >= 15 is 0 Å². The minimum atomic E-state index is -1.23. The van der Waals surface area contributed by atoms with Crippen molar-refractivity contribution >= 4 is 11.6 Å². The summed E-state index contributed by atoms with van der Waals surface area (Å²) in [7, 11) is 0. The van der Waals surface area contributed by atoms with Crippen LogP contribution >= 0.6 is 11.6 Å². The lowest BCUT2D eigenvalue weighted by atomic mass is 9.93. The maximum atomic E-state index is 10.2. The molecule has 0 amide bonds. The molecule has 0 aliphatic heterocycles. The van der Waals surface area contributed by atoms with Gasteiger partial charge >= 0.3 is 0 Å². The van der Waals surface area contributed by atoms with Crippen LogP contribution in [0, 0.1) is 0 Å². The fourth-order valence-electron chi connectivity index (χ4n) is 2.62. The third kappa shape index (κ3) is 1.76. The molecule has 0 saturated heterocycles. The standard InChI is InChI=1S/C15H13ClO/c16-15(17)10-13(11-6-2-1-3-7-11)12-8-4-5-9-14(12)15/h1-9,13,17H,10H2. The van der Waals surface area contributed by atoms with E-state index in [0.717, 1.165) is 11.1 Å². The summed E-state index contributed by atoms with van der Waals surface area (Å²) in [6.45, 7) is 0. The highest BCUT2D eigenvalue weighted by molar-refractivity contribution is 6.23. The van der Waals surface area contributed by atoms with Crippen LogP contribution in [0.4, 0.5) is 0 Å². The summed E-state index contributed by atoms with van der Waals surface area (Å²) < 4.78 is 0. The first kappa shape index (κ1) is 10.8. The van der Waals surface area contributed by atoms with Crippen LogP contribution in [0.15, 0.2) is 54.6 Å². The predicted molar refractivity (Wildman–Crippen MR) is 69.1 cm³/mol. The summed E-state index contributed by atoms with van der Waals surface area (Å²) >= 11 is 6.20. The molecule has 0 radical (unpaired) electrons. The summed E-state index contributed by atoms with van der Waals surface area (Å²) in [6, 6.07) is 18.1. The number of hydrogen-bond donors (Lipinski definition) is 1. The van der Waals surface area contributed by atoms with Crippen molar-refractivity contribution in [3.05, 3.63) is 71.3 Å². The molecule has 1 N–H and O–H groups in total. The number of benzene rings is 2. The van der Waals surface area contributed by atoms with Crippen molar-refractivity contribution in [3.63, 3.8) is 0 Å². The molecule has 2 aromatic rings. The van der Waals surface area contributed by atoms with Crippen molar-refractivity contribution in [1.82, 2.24) is 0 Å². The average Bonchev–Trinajstić information content (AvgIpc) is 2.64. The van der Waals surface area contributed by atoms with Crippen molar-refractivity contribution in [2.24, 2.45) is 0 Å². The zero-order chi connectivity index (χ0) is 11.9. The third-order valence-corrected chi connectivity index (χ3v) is 3.78.